The molecule has 0 N–H and O–H groups in total. The van der Waals surface area contributed by atoms with Crippen LogP contribution in [-0.4, -0.2) is 37.6 Å². The quantitative estimate of drug-likeness (QED) is 0.376. The van der Waals surface area contributed by atoms with Gasteiger partial charge in [0.1, 0.15) is 21.6 Å². The molecule has 2 aliphatic rings. The summed E-state index contributed by atoms with van der Waals surface area (Å²) in [7, 11) is 0. The van der Waals surface area contributed by atoms with Crippen LogP contribution in [0.25, 0.3) is 11.7 Å². The van der Waals surface area contributed by atoms with Crippen LogP contribution in [-0.2, 0) is 11.3 Å². The van der Waals surface area contributed by atoms with Crippen LogP contribution >= 0.6 is 24.0 Å². The van der Waals surface area contributed by atoms with Crippen LogP contribution in [0.2, 0.25) is 0 Å². The molecule has 35 heavy (non-hydrogen) atoms. The standard InChI is InChI=1S/C26H25FN4O2S2/c1-16-11-17(2)14-29(13-16)23-20(24(32)30-10-4-3-5-22(30)28-23)12-21-25(33)31(26(34)35-21)15-18-6-8-19(27)9-7-18/h3-10,12,16-17H,11,13-15H2,1-2H3/b21-12+. The largest absolute Gasteiger partial charge is 0.355 e. The van der Waals surface area contributed by atoms with E-state index in [1.54, 1.807) is 30.5 Å². The van der Waals surface area contributed by atoms with Gasteiger partial charge < -0.3 is 4.90 Å². The van der Waals surface area contributed by atoms with Crippen molar-refractivity contribution >= 4 is 51.7 Å². The molecule has 3 aromatic rings. The third-order valence-corrected chi connectivity index (χ3v) is 7.70. The van der Waals surface area contributed by atoms with Crippen LogP contribution in [0.4, 0.5) is 10.2 Å². The molecule has 2 fully saturated rings. The first-order chi connectivity index (χ1) is 16.8. The number of hydrogen-bond donors (Lipinski definition) is 0. The van der Waals surface area contributed by atoms with Gasteiger partial charge in [-0.3, -0.25) is 18.9 Å². The van der Waals surface area contributed by atoms with Gasteiger partial charge in [-0.2, -0.15) is 0 Å². The van der Waals surface area contributed by atoms with Crippen molar-refractivity contribution in [1.82, 2.24) is 14.3 Å². The number of piperidine rings is 1. The summed E-state index contributed by atoms with van der Waals surface area (Å²) in [6.07, 6.45) is 4.45. The normalized spacial score (nSPS) is 22.0. The van der Waals surface area contributed by atoms with Gasteiger partial charge in [-0.1, -0.05) is 56.0 Å². The molecular formula is C26H25FN4O2S2. The molecule has 0 bridgehead atoms. The smallest absolute Gasteiger partial charge is 0.267 e. The van der Waals surface area contributed by atoms with E-state index in [1.807, 2.05) is 12.1 Å². The minimum Gasteiger partial charge on any atom is -0.355 e. The van der Waals surface area contributed by atoms with Gasteiger partial charge in [0, 0.05) is 19.3 Å². The summed E-state index contributed by atoms with van der Waals surface area (Å²) in [6, 6.07) is 11.4. The molecule has 5 rings (SSSR count). The number of halogens is 1. The first-order valence-electron chi connectivity index (χ1n) is 11.6. The molecule has 4 heterocycles. The first-order valence-corrected chi connectivity index (χ1v) is 12.8. The molecule has 2 saturated heterocycles. The number of hydrogen-bond acceptors (Lipinski definition) is 6. The Bertz CT molecular complexity index is 1390. The number of fused-ring (bicyclic) bond motifs is 1. The predicted octanol–water partition coefficient (Wildman–Crippen LogP) is 4.72. The van der Waals surface area contributed by atoms with Gasteiger partial charge in [-0.05, 0) is 54.2 Å². The number of carbonyl (C=O) groups is 1. The molecule has 0 spiro atoms. The van der Waals surface area contributed by atoms with Crippen LogP contribution in [0.3, 0.4) is 0 Å². The fraction of sp³-hybridized carbons (Fsp3) is 0.308. The average Bonchev–Trinajstić information content (AvgIpc) is 3.09. The number of benzene rings is 1. The van der Waals surface area contributed by atoms with E-state index in [0.717, 1.165) is 25.1 Å². The minimum absolute atomic E-state index is 0.222. The third kappa shape index (κ3) is 4.75. The second kappa shape index (κ2) is 9.54. The van der Waals surface area contributed by atoms with Gasteiger partial charge >= 0.3 is 0 Å². The predicted molar refractivity (Wildman–Crippen MR) is 142 cm³/mol. The van der Waals surface area contributed by atoms with Gasteiger partial charge in [0.2, 0.25) is 0 Å². The number of pyridine rings is 1. The maximum Gasteiger partial charge on any atom is 0.267 e. The zero-order valence-corrected chi connectivity index (χ0v) is 21.1. The van der Waals surface area contributed by atoms with E-state index >= 15 is 0 Å². The van der Waals surface area contributed by atoms with Crippen molar-refractivity contribution in [2.45, 2.75) is 26.8 Å². The van der Waals surface area contributed by atoms with Crippen molar-refractivity contribution in [2.75, 3.05) is 18.0 Å². The number of rotatable bonds is 4. The Hall–Kier alpha value is -3.04. The number of aromatic nitrogens is 2. The molecule has 2 atom stereocenters. The molecule has 2 aromatic heterocycles. The van der Waals surface area contributed by atoms with E-state index in [9.17, 15) is 14.0 Å². The molecule has 0 aliphatic carbocycles. The summed E-state index contributed by atoms with van der Waals surface area (Å²) < 4.78 is 15.2. The summed E-state index contributed by atoms with van der Waals surface area (Å²) in [5, 5.41) is 0. The van der Waals surface area contributed by atoms with Crippen LogP contribution in [0.1, 0.15) is 31.4 Å². The summed E-state index contributed by atoms with van der Waals surface area (Å²) in [6.45, 7) is 6.25. The first kappa shape index (κ1) is 23.7. The highest BCUT2D eigenvalue weighted by Crippen LogP contribution is 2.35. The van der Waals surface area contributed by atoms with Gasteiger partial charge in [0.15, 0.2) is 0 Å². The molecule has 0 saturated carbocycles. The summed E-state index contributed by atoms with van der Waals surface area (Å²) in [5.74, 6) is 0.932. The third-order valence-electron chi connectivity index (χ3n) is 6.32. The number of nitrogens with zero attached hydrogens (tertiary/aromatic N) is 4. The van der Waals surface area contributed by atoms with E-state index in [1.165, 1.54) is 33.2 Å². The van der Waals surface area contributed by atoms with E-state index < -0.39 is 0 Å². The Balaban J connectivity index is 1.55. The lowest BCUT2D eigenvalue weighted by molar-refractivity contribution is -0.122. The van der Waals surface area contributed by atoms with Gasteiger partial charge in [-0.15, -0.1) is 0 Å². The molecule has 0 radical (unpaired) electrons. The SMILES string of the molecule is CC1CC(C)CN(c2nc3ccccn3c(=O)c2/C=C2/SC(=S)N(Cc3ccc(F)cc3)C2=O)C1. The fourth-order valence-electron chi connectivity index (χ4n) is 4.83. The number of thiocarbonyl (C=S) groups is 1. The fourth-order valence-corrected chi connectivity index (χ4v) is 6.07. The zero-order valence-electron chi connectivity index (χ0n) is 19.5. The van der Waals surface area contributed by atoms with Gasteiger partial charge in [-0.25, -0.2) is 9.37 Å². The highest BCUT2D eigenvalue weighted by atomic mass is 32.2. The Morgan fingerprint density at radius 1 is 1.11 bits per heavy atom. The molecule has 1 aromatic carbocycles. The van der Waals surface area contributed by atoms with Gasteiger partial charge in [0.05, 0.1) is 17.0 Å². The molecule has 1 amide bonds. The Morgan fingerprint density at radius 3 is 2.54 bits per heavy atom. The molecule has 9 heteroatoms. The molecule has 180 valence electrons. The maximum atomic E-state index is 13.6. The van der Waals surface area contributed by atoms with E-state index in [4.69, 9.17) is 17.2 Å². The van der Waals surface area contributed by atoms with Crippen molar-refractivity contribution in [1.29, 1.82) is 0 Å². The van der Waals surface area contributed by atoms with E-state index in [2.05, 4.69) is 18.7 Å². The van der Waals surface area contributed by atoms with Crippen LogP contribution < -0.4 is 10.5 Å². The molecule has 6 nitrogen and oxygen atoms in total. The van der Waals surface area contributed by atoms with Crippen molar-refractivity contribution in [3.8, 4) is 0 Å². The van der Waals surface area contributed by atoms with Crippen molar-refractivity contribution in [2.24, 2.45) is 11.8 Å². The molecular weight excluding hydrogens is 483 g/mol. The zero-order chi connectivity index (χ0) is 24.7. The van der Waals surface area contributed by atoms with Crippen molar-refractivity contribution < 1.29 is 9.18 Å². The minimum atomic E-state index is -0.336. The molecule has 2 unspecified atom stereocenters. The van der Waals surface area contributed by atoms with E-state index in [-0.39, 0.29) is 23.8 Å². The summed E-state index contributed by atoms with van der Waals surface area (Å²) >= 11 is 6.65. The molecule has 2 aliphatic heterocycles. The maximum absolute atomic E-state index is 13.6. The summed E-state index contributed by atoms with van der Waals surface area (Å²) in [5.41, 5.74) is 1.50. The monoisotopic (exact) mass is 508 g/mol. The number of thioether (sulfide) groups is 1. The van der Waals surface area contributed by atoms with Crippen LogP contribution in [0.5, 0.6) is 0 Å². The van der Waals surface area contributed by atoms with Crippen LogP contribution in [0, 0.1) is 17.7 Å². The van der Waals surface area contributed by atoms with Crippen LogP contribution in [0.15, 0.2) is 58.4 Å². The number of carbonyl (C=O) groups excluding carboxylic acids is 1. The number of anilines is 1. The Morgan fingerprint density at radius 2 is 1.83 bits per heavy atom. The average molecular weight is 509 g/mol. The number of amides is 1. The second-order valence-electron chi connectivity index (χ2n) is 9.33. The Kier molecular flexibility index (Phi) is 6.46. The highest BCUT2D eigenvalue weighted by molar-refractivity contribution is 8.26. The second-order valence-corrected chi connectivity index (χ2v) is 11.0. The lowest BCUT2D eigenvalue weighted by Gasteiger charge is -2.36. The lowest BCUT2D eigenvalue weighted by Crippen LogP contribution is -2.40. The van der Waals surface area contributed by atoms with E-state index in [0.29, 0.717) is 38.1 Å². The van der Waals surface area contributed by atoms with Crippen molar-refractivity contribution in [3.63, 3.8) is 0 Å². The Labute approximate surface area is 212 Å². The topological polar surface area (TPSA) is 57.9 Å². The van der Waals surface area contributed by atoms with Crippen molar-refractivity contribution in [3.05, 3.63) is 80.9 Å². The highest BCUT2D eigenvalue weighted by Gasteiger charge is 2.33. The van der Waals surface area contributed by atoms with Gasteiger partial charge in [0.25, 0.3) is 11.5 Å². The summed E-state index contributed by atoms with van der Waals surface area (Å²) in [4.78, 5) is 35.8. The lowest BCUT2D eigenvalue weighted by atomic mass is 9.91.